The number of aromatic nitrogens is 2. The van der Waals surface area contributed by atoms with Gasteiger partial charge >= 0.3 is 5.97 Å². The van der Waals surface area contributed by atoms with E-state index in [1.54, 1.807) is 0 Å². The summed E-state index contributed by atoms with van der Waals surface area (Å²) in [7, 11) is 0. The maximum atomic E-state index is 11.5. The summed E-state index contributed by atoms with van der Waals surface area (Å²) >= 11 is 6.29. The van der Waals surface area contributed by atoms with Crippen LogP contribution in [0.5, 0.6) is 0 Å². The number of hydrogen-bond donors (Lipinski definition) is 1. The predicted molar refractivity (Wildman–Crippen MR) is 83.7 cm³/mol. The van der Waals surface area contributed by atoms with Crippen LogP contribution < -0.4 is 0 Å². The fourth-order valence-corrected chi connectivity index (χ4v) is 2.66. The topological polar surface area (TPSA) is 55.1 Å². The van der Waals surface area contributed by atoms with Gasteiger partial charge in [-0.1, -0.05) is 38.4 Å². The zero-order chi connectivity index (χ0) is 15.9. The molecular weight excluding hydrogens is 288 g/mol. The Morgan fingerprint density at radius 2 is 1.71 bits per heavy atom. The van der Waals surface area contributed by atoms with Crippen LogP contribution in [0.25, 0.3) is 5.69 Å². The molecule has 0 bridgehead atoms. The van der Waals surface area contributed by atoms with Gasteiger partial charge in [-0.2, -0.15) is 5.10 Å². The molecule has 0 aliphatic carbocycles. The molecule has 0 spiro atoms. The van der Waals surface area contributed by atoms with Crippen molar-refractivity contribution in [1.82, 2.24) is 9.78 Å². The van der Waals surface area contributed by atoms with E-state index in [0.29, 0.717) is 5.69 Å². The van der Waals surface area contributed by atoms with Crippen LogP contribution >= 0.6 is 11.6 Å². The molecule has 0 atom stereocenters. The van der Waals surface area contributed by atoms with Crippen LogP contribution in [0.1, 0.15) is 48.0 Å². The number of carboxylic acids is 1. The molecule has 0 aliphatic heterocycles. The van der Waals surface area contributed by atoms with E-state index < -0.39 is 11.4 Å². The summed E-state index contributed by atoms with van der Waals surface area (Å²) in [6, 6.07) is 5.91. The molecule has 1 heterocycles. The van der Waals surface area contributed by atoms with Gasteiger partial charge in [-0.3, -0.25) is 0 Å². The lowest BCUT2D eigenvalue weighted by Gasteiger charge is -2.15. The molecule has 0 saturated heterocycles. The van der Waals surface area contributed by atoms with Crippen molar-refractivity contribution in [1.29, 1.82) is 0 Å². The Morgan fingerprint density at radius 3 is 2.10 bits per heavy atom. The number of nitrogens with zero attached hydrogens (tertiary/aromatic N) is 2. The van der Waals surface area contributed by atoms with E-state index in [1.165, 1.54) is 4.68 Å². The van der Waals surface area contributed by atoms with Gasteiger partial charge in [-0.05, 0) is 37.1 Å². The molecule has 0 unspecified atom stereocenters. The van der Waals surface area contributed by atoms with Crippen LogP contribution in [0, 0.1) is 13.8 Å². The van der Waals surface area contributed by atoms with Crippen molar-refractivity contribution < 1.29 is 9.90 Å². The lowest BCUT2D eigenvalue weighted by molar-refractivity contribution is 0.0694. The minimum atomic E-state index is -1.06. The summed E-state index contributed by atoms with van der Waals surface area (Å²) in [6.45, 7) is 9.73. The van der Waals surface area contributed by atoms with Crippen molar-refractivity contribution in [3.05, 3.63) is 45.7 Å². The molecule has 0 radical (unpaired) electrons. The highest BCUT2D eigenvalue weighted by molar-refractivity contribution is 6.33. The second-order valence-corrected chi connectivity index (χ2v) is 6.69. The monoisotopic (exact) mass is 306 g/mol. The molecule has 2 rings (SSSR count). The lowest BCUT2D eigenvalue weighted by Crippen LogP contribution is -2.16. The molecule has 1 aromatic carbocycles. The first-order chi connectivity index (χ1) is 9.61. The van der Waals surface area contributed by atoms with Crippen molar-refractivity contribution >= 4 is 17.6 Å². The Balaban J connectivity index is 2.74. The van der Waals surface area contributed by atoms with Crippen LogP contribution in [0.3, 0.4) is 0 Å². The van der Waals surface area contributed by atoms with Gasteiger partial charge in [0.05, 0.1) is 11.4 Å². The van der Waals surface area contributed by atoms with E-state index in [9.17, 15) is 9.90 Å². The highest BCUT2D eigenvalue weighted by Crippen LogP contribution is 2.32. The third kappa shape index (κ3) is 2.95. The molecule has 1 aromatic heterocycles. The van der Waals surface area contributed by atoms with Gasteiger partial charge in [-0.25, -0.2) is 9.48 Å². The SMILES string of the molecule is Cc1cc(C)cc(-n2nc(C(C)(C)C)c(C(=O)O)c2Cl)c1. The summed E-state index contributed by atoms with van der Waals surface area (Å²) < 4.78 is 1.51. The third-order valence-electron chi connectivity index (χ3n) is 3.20. The van der Waals surface area contributed by atoms with E-state index in [0.717, 1.165) is 16.8 Å². The van der Waals surface area contributed by atoms with Gasteiger partial charge in [0, 0.05) is 5.41 Å². The Bertz CT molecular complexity index is 692. The molecule has 0 aliphatic rings. The number of rotatable bonds is 2. The van der Waals surface area contributed by atoms with E-state index in [-0.39, 0.29) is 10.7 Å². The van der Waals surface area contributed by atoms with Crippen molar-refractivity contribution in [2.45, 2.75) is 40.0 Å². The maximum Gasteiger partial charge on any atom is 0.340 e. The van der Waals surface area contributed by atoms with E-state index >= 15 is 0 Å². The predicted octanol–water partition coefficient (Wildman–Crippen LogP) is 4.14. The van der Waals surface area contributed by atoms with Crippen LogP contribution in [-0.4, -0.2) is 20.9 Å². The molecule has 0 fully saturated rings. The highest BCUT2D eigenvalue weighted by Gasteiger charge is 2.30. The Kier molecular flexibility index (Phi) is 3.85. The molecule has 4 nitrogen and oxygen atoms in total. The Labute approximate surface area is 129 Å². The van der Waals surface area contributed by atoms with Crippen LogP contribution in [0.15, 0.2) is 18.2 Å². The maximum absolute atomic E-state index is 11.5. The molecule has 5 heteroatoms. The normalized spacial score (nSPS) is 11.7. The highest BCUT2D eigenvalue weighted by atomic mass is 35.5. The van der Waals surface area contributed by atoms with E-state index in [1.807, 2.05) is 52.8 Å². The molecular formula is C16H19ClN2O2. The quantitative estimate of drug-likeness (QED) is 0.907. The van der Waals surface area contributed by atoms with E-state index in [4.69, 9.17) is 11.6 Å². The largest absolute Gasteiger partial charge is 0.478 e. The zero-order valence-corrected chi connectivity index (χ0v) is 13.6. The standard InChI is InChI=1S/C16H19ClN2O2/c1-9-6-10(2)8-11(7-9)19-14(17)12(15(20)21)13(18-19)16(3,4)5/h6-8H,1-5H3,(H,20,21). The van der Waals surface area contributed by atoms with Gasteiger partial charge in [0.2, 0.25) is 0 Å². The van der Waals surface area contributed by atoms with Gasteiger partial charge in [0.25, 0.3) is 0 Å². The number of carboxylic acid groups (broad SMARTS) is 1. The van der Waals surface area contributed by atoms with Gasteiger partial charge < -0.3 is 5.11 Å². The second kappa shape index (κ2) is 5.19. The molecule has 1 N–H and O–H groups in total. The first kappa shape index (κ1) is 15.6. The van der Waals surface area contributed by atoms with Crippen molar-refractivity contribution in [3.8, 4) is 5.69 Å². The molecule has 2 aromatic rings. The molecule has 0 amide bonds. The summed E-state index contributed by atoms with van der Waals surface area (Å²) in [5, 5.41) is 14.0. The minimum absolute atomic E-state index is 0.0725. The number of aromatic carboxylic acids is 1. The summed E-state index contributed by atoms with van der Waals surface area (Å²) in [5.74, 6) is -1.06. The Hall–Kier alpha value is -1.81. The number of aryl methyl sites for hydroxylation is 2. The summed E-state index contributed by atoms with van der Waals surface area (Å²) in [5.41, 5.74) is 3.08. The van der Waals surface area contributed by atoms with Crippen LogP contribution in [-0.2, 0) is 5.41 Å². The Morgan fingerprint density at radius 1 is 1.19 bits per heavy atom. The minimum Gasteiger partial charge on any atom is -0.478 e. The molecule has 0 saturated carbocycles. The first-order valence-electron chi connectivity index (χ1n) is 6.72. The fourth-order valence-electron chi connectivity index (χ4n) is 2.36. The summed E-state index contributed by atoms with van der Waals surface area (Å²) in [4.78, 5) is 11.5. The van der Waals surface area contributed by atoms with Crippen molar-refractivity contribution in [2.24, 2.45) is 0 Å². The van der Waals surface area contributed by atoms with Gasteiger partial charge in [-0.15, -0.1) is 0 Å². The second-order valence-electron chi connectivity index (χ2n) is 6.33. The summed E-state index contributed by atoms with van der Waals surface area (Å²) in [6.07, 6.45) is 0. The molecule has 112 valence electrons. The first-order valence-corrected chi connectivity index (χ1v) is 7.10. The van der Waals surface area contributed by atoms with Crippen LogP contribution in [0.2, 0.25) is 5.15 Å². The van der Waals surface area contributed by atoms with E-state index in [2.05, 4.69) is 5.10 Å². The van der Waals surface area contributed by atoms with Crippen molar-refractivity contribution in [3.63, 3.8) is 0 Å². The smallest absolute Gasteiger partial charge is 0.340 e. The number of halogens is 1. The average molecular weight is 307 g/mol. The van der Waals surface area contributed by atoms with Gasteiger partial charge in [0.15, 0.2) is 0 Å². The lowest BCUT2D eigenvalue weighted by atomic mass is 9.89. The third-order valence-corrected chi connectivity index (χ3v) is 3.55. The van der Waals surface area contributed by atoms with Crippen LogP contribution in [0.4, 0.5) is 0 Å². The molecule has 21 heavy (non-hydrogen) atoms. The zero-order valence-electron chi connectivity index (χ0n) is 12.9. The fraction of sp³-hybridized carbons (Fsp3) is 0.375. The number of carbonyl (C=O) groups is 1. The van der Waals surface area contributed by atoms with Crippen molar-refractivity contribution in [2.75, 3.05) is 0 Å². The van der Waals surface area contributed by atoms with Gasteiger partial charge in [0.1, 0.15) is 10.7 Å². The average Bonchev–Trinajstić information content (AvgIpc) is 2.65. The number of benzene rings is 1. The number of hydrogen-bond acceptors (Lipinski definition) is 2.